The van der Waals surface area contributed by atoms with Gasteiger partial charge in [-0.2, -0.15) is 5.26 Å². The zero-order valence-electron chi connectivity index (χ0n) is 5.65. The van der Waals surface area contributed by atoms with Crippen molar-refractivity contribution >= 4 is 0 Å². The van der Waals surface area contributed by atoms with Crippen molar-refractivity contribution in [2.75, 3.05) is 0 Å². The van der Waals surface area contributed by atoms with E-state index in [2.05, 4.69) is 5.32 Å². The van der Waals surface area contributed by atoms with Crippen molar-refractivity contribution < 1.29 is 10.2 Å². The van der Waals surface area contributed by atoms with E-state index in [-0.39, 0.29) is 6.04 Å². The Morgan fingerprint density at radius 2 is 2.00 bits per heavy atom. The molecule has 1 rings (SSSR count). The van der Waals surface area contributed by atoms with Gasteiger partial charge in [-0.05, 0) is 6.92 Å². The SMILES string of the molecule is C[C@@H]1N[C@H](C#N)[C@H](O)[C@@H]1O. The number of aliphatic hydroxyl groups is 2. The van der Waals surface area contributed by atoms with E-state index in [0.29, 0.717) is 0 Å². The Kier molecular flexibility index (Phi) is 1.90. The summed E-state index contributed by atoms with van der Waals surface area (Å²) in [6, 6.07) is 1.04. The van der Waals surface area contributed by atoms with Crippen LogP contribution in [0.3, 0.4) is 0 Å². The fraction of sp³-hybridized carbons (Fsp3) is 0.833. The average Bonchev–Trinajstić information content (AvgIpc) is 2.17. The lowest BCUT2D eigenvalue weighted by Gasteiger charge is -2.09. The molecule has 3 N–H and O–H groups in total. The van der Waals surface area contributed by atoms with Gasteiger partial charge in [0.15, 0.2) is 0 Å². The lowest BCUT2D eigenvalue weighted by molar-refractivity contribution is 0.0367. The van der Waals surface area contributed by atoms with Gasteiger partial charge in [-0.25, -0.2) is 0 Å². The summed E-state index contributed by atoms with van der Waals surface area (Å²) in [7, 11) is 0. The molecule has 0 amide bonds. The first kappa shape index (κ1) is 7.48. The molecule has 56 valence electrons. The molecule has 0 aromatic heterocycles. The molecule has 0 aliphatic carbocycles. The fourth-order valence-electron chi connectivity index (χ4n) is 1.09. The van der Waals surface area contributed by atoms with E-state index in [1.807, 2.05) is 6.07 Å². The minimum absolute atomic E-state index is 0.195. The van der Waals surface area contributed by atoms with Gasteiger partial charge in [0.2, 0.25) is 0 Å². The molecule has 4 nitrogen and oxygen atoms in total. The molecule has 0 unspecified atom stereocenters. The van der Waals surface area contributed by atoms with Crippen LogP contribution in [0.15, 0.2) is 0 Å². The molecule has 4 atom stereocenters. The predicted molar refractivity (Wildman–Crippen MR) is 34.0 cm³/mol. The van der Waals surface area contributed by atoms with Crippen molar-refractivity contribution in [2.45, 2.75) is 31.2 Å². The van der Waals surface area contributed by atoms with E-state index < -0.39 is 18.2 Å². The molecule has 1 aliphatic heterocycles. The van der Waals surface area contributed by atoms with Crippen LogP contribution in [0.4, 0.5) is 0 Å². The van der Waals surface area contributed by atoms with Crippen molar-refractivity contribution in [2.24, 2.45) is 0 Å². The van der Waals surface area contributed by atoms with Gasteiger partial charge in [0, 0.05) is 6.04 Å². The molecule has 4 heteroatoms. The Balaban J connectivity index is 2.64. The Morgan fingerprint density at radius 1 is 1.40 bits per heavy atom. The van der Waals surface area contributed by atoms with Crippen LogP contribution in [0.1, 0.15) is 6.92 Å². The van der Waals surface area contributed by atoms with Crippen LogP contribution in [0, 0.1) is 11.3 Å². The van der Waals surface area contributed by atoms with Crippen LogP contribution >= 0.6 is 0 Å². The number of hydrogen-bond acceptors (Lipinski definition) is 4. The fourth-order valence-corrected chi connectivity index (χ4v) is 1.09. The van der Waals surface area contributed by atoms with Crippen LogP contribution in [0.2, 0.25) is 0 Å². The molecule has 1 heterocycles. The molecule has 0 aromatic rings. The second-order valence-electron chi connectivity index (χ2n) is 2.54. The predicted octanol–water partition coefficient (Wildman–Crippen LogP) is -1.41. The lowest BCUT2D eigenvalue weighted by Crippen LogP contribution is -2.31. The van der Waals surface area contributed by atoms with Gasteiger partial charge in [-0.1, -0.05) is 0 Å². The summed E-state index contributed by atoms with van der Waals surface area (Å²) < 4.78 is 0. The van der Waals surface area contributed by atoms with E-state index in [1.165, 1.54) is 0 Å². The Labute approximate surface area is 59.1 Å². The first-order valence-corrected chi connectivity index (χ1v) is 3.18. The average molecular weight is 142 g/mol. The van der Waals surface area contributed by atoms with Gasteiger partial charge in [-0.15, -0.1) is 0 Å². The van der Waals surface area contributed by atoms with Gasteiger partial charge in [0.05, 0.1) is 12.2 Å². The second kappa shape index (κ2) is 2.54. The van der Waals surface area contributed by atoms with Crippen LogP contribution in [-0.2, 0) is 0 Å². The van der Waals surface area contributed by atoms with E-state index in [0.717, 1.165) is 0 Å². The topological polar surface area (TPSA) is 76.3 Å². The maximum atomic E-state index is 9.10. The number of aliphatic hydroxyl groups excluding tert-OH is 2. The van der Waals surface area contributed by atoms with Gasteiger partial charge in [-0.3, -0.25) is 5.32 Å². The highest BCUT2D eigenvalue weighted by molar-refractivity contribution is 5.06. The molecular formula is C6H10N2O2. The van der Waals surface area contributed by atoms with Crippen molar-refractivity contribution in [1.29, 1.82) is 5.26 Å². The van der Waals surface area contributed by atoms with Crippen LogP contribution in [0.5, 0.6) is 0 Å². The molecule has 0 spiro atoms. The van der Waals surface area contributed by atoms with E-state index in [1.54, 1.807) is 6.92 Å². The maximum absolute atomic E-state index is 9.10. The number of nitriles is 1. The van der Waals surface area contributed by atoms with Crippen molar-refractivity contribution in [3.05, 3.63) is 0 Å². The number of rotatable bonds is 0. The number of nitrogens with zero attached hydrogens (tertiary/aromatic N) is 1. The highest BCUT2D eigenvalue weighted by atomic mass is 16.3. The van der Waals surface area contributed by atoms with Gasteiger partial charge >= 0.3 is 0 Å². The van der Waals surface area contributed by atoms with Crippen molar-refractivity contribution in [3.63, 3.8) is 0 Å². The summed E-state index contributed by atoms with van der Waals surface area (Å²) in [5.41, 5.74) is 0. The monoisotopic (exact) mass is 142 g/mol. The zero-order valence-corrected chi connectivity index (χ0v) is 5.65. The summed E-state index contributed by atoms with van der Waals surface area (Å²) >= 11 is 0. The molecule has 1 fully saturated rings. The standard InChI is InChI=1S/C6H10N2O2/c1-3-5(9)6(10)4(2-7)8-3/h3-6,8-10H,1H3/t3-,4+,5+,6-/m0/s1. The maximum Gasteiger partial charge on any atom is 0.124 e. The summed E-state index contributed by atoms with van der Waals surface area (Å²) in [5.74, 6) is 0. The van der Waals surface area contributed by atoms with Crippen LogP contribution in [0.25, 0.3) is 0 Å². The van der Waals surface area contributed by atoms with Crippen molar-refractivity contribution in [1.82, 2.24) is 5.32 Å². The Bertz CT molecular complexity index is 166. The Morgan fingerprint density at radius 3 is 2.20 bits per heavy atom. The molecule has 0 aromatic carbocycles. The molecule has 10 heavy (non-hydrogen) atoms. The Hall–Kier alpha value is -0.630. The minimum Gasteiger partial charge on any atom is -0.389 e. The third-order valence-electron chi connectivity index (χ3n) is 1.79. The summed E-state index contributed by atoms with van der Waals surface area (Å²) in [6.07, 6.45) is -1.76. The van der Waals surface area contributed by atoms with Crippen LogP contribution in [-0.4, -0.2) is 34.5 Å². The molecule has 1 aliphatic rings. The normalized spacial score (nSPS) is 47.0. The number of hydrogen-bond donors (Lipinski definition) is 3. The highest BCUT2D eigenvalue weighted by Gasteiger charge is 2.38. The van der Waals surface area contributed by atoms with E-state index >= 15 is 0 Å². The van der Waals surface area contributed by atoms with Crippen molar-refractivity contribution in [3.8, 4) is 6.07 Å². The van der Waals surface area contributed by atoms with Gasteiger partial charge < -0.3 is 10.2 Å². The molecule has 1 saturated heterocycles. The number of nitrogens with one attached hydrogen (secondary N) is 1. The molecular weight excluding hydrogens is 132 g/mol. The lowest BCUT2D eigenvalue weighted by atomic mass is 10.1. The summed E-state index contributed by atoms with van der Waals surface area (Å²) in [5, 5.41) is 29.3. The first-order valence-electron chi connectivity index (χ1n) is 3.18. The van der Waals surface area contributed by atoms with Gasteiger partial charge in [0.1, 0.15) is 12.1 Å². The molecule has 0 saturated carbocycles. The first-order chi connectivity index (χ1) is 4.66. The quantitative estimate of drug-likeness (QED) is 0.388. The third kappa shape index (κ3) is 0.991. The highest BCUT2D eigenvalue weighted by Crippen LogP contribution is 2.12. The largest absolute Gasteiger partial charge is 0.389 e. The smallest absolute Gasteiger partial charge is 0.124 e. The summed E-state index contributed by atoms with van der Waals surface area (Å²) in [6.45, 7) is 1.73. The minimum atomic E-state index is -0.944. The third-order valence-corrected chi connectivity index (χ3v) is 1.79. The molecule has 0 radical (unpaired) electrons. The van der Waals surface area contributed by atoms with E-state index in [9.17, 15) is 0 Å². The summed E-state index contributed by atoms with van der Waals surface area (Å²) in [4.78, 5) is 0. The van der Waals surface area contributed by atoms with Gasteiger partial charge in [0.25, 0.3) is 0 Å². The molecule has 0 bridgehead atoms. The van der Waals surface area contributed by atoms with E-state index in [4.69, 9.17) is 15.5 Å². The van der Waals surface area contributed by atoms with Crippen LogP contribution < -0.4 is 5.32 Å². The zero-order chi connectivity index (χ0) is 7.72. The second-order valence-corrected chi connectivity index (χ2v) is 2.54.